The van der Waals surface area contributed by atoms with Crippen LogP contribution in [0.5, 0.6) is 0 Å². The third-order valence-electron chi connectivity index (χ3n) is 3.85. The van der Waals surface area contributed by atoms with E-state index in [1.54, 1.807) is 24.3 Å². The van der Waals surface area contributed by atoms with Crippen molar-refractivity contribution in [2.24, 2.45) is 0 Å². The predicted molar refractivity (Wildman–Crippen MR) is 95.8 cm³/mol. The molecule has 1 unspecified atom stereocenters. The van der Waals surface area contributed by atoms with Gasteiger partial charge in [-0.3, -0.25) is 9.36 Å². The van der Waals surface area contributed by atoms with E-state index in [-0.39, 0.29) is 13.0 Å². The van der Waals surface area contributed by atoms with E-state index in [4.69, 9.17) is 23.3 Å². The molecule has 0 saturated carbocycles. The first kappa shape index (κ1) is 21.3. The van der Waals surface area contributed by atoms with E-state index < -0.39 is 37.6 Å². The zero-order chi connectivity index (χ0) is 19.9. The Labute approximate surface area is 157 Å². The van der Waals surface area contributed by atoms with Crippen molar-refractivity contribution in [3.05, 3.63) is 48.0 Å². The van der Waals surface area contributed by atoms with Crippen LogP contribution < -0.4 is 0 Å². The summed E-state index contributed by atoms with van der Waals surface area (Å²) in [5.74, 6) is -2.86. The molecule has 0 fully saturated rings. The van der Waals surface area contributed by atoms with Gasteiger partial charge in [0.1, 0.15) is 12.7 Å². The highest BCUT2D eigenvalue weighted by Gasteiger charge is 2.44. The third-order valence-corrected chi connectivity index (χ3v) is 5.77. The summed E-state index contributed by atoms with van der Waals surface area (Å²) >= 11 is 0. The van der Waals surface area contributed by atoms with Gasteiger partial charge < -0.3 is 23.3 Å². The largest absolute Gasteiger partial charge is 0.458 e. The van der Waals surface area contributed by atoms with Gasteiger partial charge in [0, 0.05) is 27.6 Å². The zero-order valence-electron chi connectivity index (χ0n) is 15.4. The Hall–Kier alpha value is -1.99. The van der Waals surface area contributed by atoms with Crippen LogP contribution in [0.4, 0.5) is 0 Å². The first-order valence-corrected chi connectivity index (χ1v) is 9.92. The van der Waals surface area contributed by atoms with Gasteiger partial charge in [-0.2, -0.15) is 0 Å². The van der Waals surface area contributed by atoms with Crippen LogP contribution in [-0.2, 0) is 44.0 Å². The van der Waals surface area contributed by atoms with Crippen LogP contribution in [0.1, 0.15) is 18.9 Å². The normalized spacial score (nSPS) is 20.3. The molecule has 0 aliphatic heterocycles. The van der Waals surface area contributed by atoms with E-state index in [0.717, 1.165) is 19.8 Å². The molecule has 9 heteroatoms. The standard InChI is InChI=1S/C18H23O8P/c1-13(19)25-15-9-10-16(11-15)26-18(27(21,22-2)23-3)17(20)24-12-14-7-5-4-6-8-14/h4-10,15-16,18H,11-12H2,1-3H3/t15-,16+,18?/m0/s1. The molecule has 1 aliphatic rings. The number of carbonyl (C=O) groups is 2. The van der Waals surface area contributed by atoms with Crippen LogP contribution in [0, 0.1) is 0 Å². The second-order valence-electron chi connectivity index (χ2n) is 5.79. The van der Waals surface area contributed by atoms with Gasteiger partial charge in [-0.1, -0.05) is 36.4 Å². The van der Waals surface area contributed by atoms with Crippen molar-refractivity contribution in [3.63, 3.8) is 0 Å². The molecule has 0 amide bonds. The lowest BCUT2D eigenvalue weighted by Gasteiger charge is -2.25. The molecule has 1 aliphatic carbocycles. The maximum atomic E-state index is 12.8. The number of carbonyl (C=O) groups excluding carboxylic acids is 2. The lowest BCUT2D eigenvalue weighted by atomic mass is 10.2. The van der Waals surface area contributed by atoms with Crippen LogP contribution in [0.15, 0.2) is 42.5 Å². The van der Waals surface area contributed by atoms with E-state index in [0.29, 0.717) is 0 Å². The van der Waals surface area contributed by atoms with Crippen molar-refractivity contribution in [2.45, 2.75) is 38.0 Å². The summed E-state index contributed by atoms with van der Waals surface area (Å²) in [5.41, 5.74) is 0.768. The highest BCUT2D eigenvalue weighted by molar-refractivity contribution is 7.55. The Kier molecular flexibility index (Phi) is 7.74. The fraction of sp³-hybridized carbons (Fsp3) is 0.444. The van der Waals surface area contributed by atoms with E-state index in [1.807, 2.05) is 18.2 Å². The second-order valence-corrected chi connectivity index (χ2v) is 8.07. The first-order valence-electron chi connectivity index (χ1n) is 8.30. The Bertz CT molecular complexity index is 709. The average Bonchev–Trinajstić information content (AvgIpc) is 3.10. The fourth-order valence-electron chi connectivity index (χ4n) is 2.53. The van der Waals surface area contributed by atoms with Crippen LogP contribution in [-0.4, -0.2) is 44.2 Å². The maximum Gasteiger partial charge on any atom is 0.370 e. The topological polar surface area (TPSA) is 97.4 Å². The summed E-state index contributed by atoms with van der Waals surface area (Å²) in [6.07, 6.45) is 2.47. The molecule has 2 rings (SSSR count). The molecule has 0 spiro atoms. The fourth-order valence-corrected chi connectivity index (χ4v) is 3.70. The first-order chi connectivity index (χ1) is 12.9. The molecule has 0 saturated heterocycles. The van der Waals surface area contributed by atoms with Crippen LogP contribution in [0.3, 0.4) is 0 Å². The van der Waals surface area contributed by atoms with E-state index in [1.165, 1.54) is 6.92 Å². The van der Waals surface area contributed by atoms with Crippen LogP contribution in [0.2, 0.25) is 0 Å². The van der Waals surface area contributed by atoms with E-state index >= 15 is 0 Å². The average molecular weight is 398 g/mol. The number of benzene rings is 1. The van der Waals surface area contributed by atoms with Gasteiger partial charge in [0.05, 0.1) is 6.10 Å². The minimum atomic E-state index is -3.91. The molecule has 27 heavy (non-hydrogen) atoms. The Morgan fingerprint density at radius 3 is 2.33 bits per heavy atom. The van der Waals surface area contributed by atoms with Gasteiger partial charge in [-0.05, 0) is 11.6 Å². The van der Waals surface area contributed by atoms with Crippen molar-refractivity contribution < 1.29 is 37.4 Å². The number of ether oxygens (including phenoxy) is 3. The molecule has 0 bridgehead atoms. The lowest BCUT2D eigenvalue weighted by Crippen LogP contribution is -2.31. The molecular weight excluding hydrogens is 375 g/mol. The molecule has 3 atom stereocenters. The molecule has 8 nitrogen and oxygen atoms in total. The highest BCUT2D eigenvalue weighted by Crippen LogP contribution is 2.53. The number of rotatable bonds is 9. The van der Waals surface area contributed by atoms with Gasteiger partial charge in [0.25, 0.3) is 5.85 Å². The van der Waals surface area contributed by atoms with Crippen LogP contribution in [0.25, 0.3) is 0 Å². The SMILES string of the molecule is COP(=O)(OC)C(O[C@@H]1C=C[C@H](OC(C)=O)C1)C(=O)OCc1ccccc1. The van der Waals surface area contributed by atoms with E-state index in [9.17, 15) is 14.2 Å². The molecule has 1 aromatic carbocycles. The lowest BCUT2D eigenvalue weighted by molar-refractivity contribution is -0.157. The van der Waals surface area contributed by atoms with Crippen molar-refractivity contribution >= 4 is 19.5 Å². The molecule has 0 radical (unpaired) electrons. The Balaban J connectivity index is 2.05. The minimum Gasteiger partial charge on any atom is -0.458 e. The highest BCUT2D eigenvalue weighted by atomic mass is 31.2. The number of hydrogen-bond donors (Lipinski definition) is 0. The summed E-state index contributed by atoms with van der Waals surface area (Å²) < 4.78 is 38.6. The Morgan fingerprint density at radius 1 is 1.11 bits per heavy atom. The molecule has 1 aromatic rings. The summed E-state index contributed by atoms with van der Waals surface area (Å²) in [5, 5.41) is 0. The molecule has 148 valence electrons. The van der Waals surface area contributed by atoms with Gasteiger partial charge >= 0.3 is 19.5 Å². The second kappa shape index (κ2) is 9.80. The molecule has 0 heterocycles. The summed E-state index contributed by atoms with van der Waals surface area (Å²) in [6, 6.07) is 9.04. The van der Waals surface area contributed by atoms with Crippen LogP contribution >= 0.6 is 7.60 Å². The smallest absolute Gasteiger partial charge is 0.370 e. The van der Waals surface area contributed by atoms with Crippen molar-refractivity contribution in [1.29, 1.82) is 0 Å². The molecule has 0 aromatic heterocycles. The van der Waals surface area contributed by atoms with Gasteiger partial charge in [-0.15, -0.1) is 0 Å². The summed E-state index contributed by atoms with van der Waals surface area (Å²) in [6.45, 7) is 1.29. The van der Waals surface area contributed by atoms with Gasteiger partial charge in [-0.25, -0.2) is 4.79 Å². The molecule has 0 N–H and O–H groups in total. The minimum absolute atomic E-state index is 0.0104. The number of esters is 2. The molecular formula is C18H23O8P. The van der Waals surface area contributed by atoms with Gasteiger partial charge in [0.2, 0.25) is 0 Å². The number of hydrogen-bond acceptors (Lipinski definition) is 8. The maximum absolute atomic E-state index is 12.8. The Morgan fingerprint density at radius 2 is 1.74 bits per heavy atom. The summed E-state index contributed by atoms with van der Waals surface area (Å²) in [7, 11) is -1.58. The van der Waals surface area contributed by atoms with Crippen molar-refractivity contribution in [1.82, 2.24) is 0 Å². The summed E-state index contributed by atoms with van der Waals surface area (Å²) in [4.78, 5) is 23.6. The van der Waals surface area contributed by atoms with Gasteiger partial charge in [0.15, 0.2) is 0 Å². The monoisotopic (exact) mass is 398 g/mol. The van der Waals surface area contributed by atoms with E-state index in [2.05, 4.69) is 0 Å². The predicted octanol–water partition coefficient (Wildman–Crippen LogP) is 2.82. The van der Waals surface area contributed by atoms with Crippen molar-refractivity contribution in [2.75, 3.05) is 14.2 Å². The van der Waals surface area contributed by atoms with Crippen molar-refractivity contribution in [3.8, 4) is 0 Å². The quantitative estimate of drug-likeness (QED) is 0.356. The zero-order valence-corrected chi connectivity index (χ0v) is 16.3. The third kappa shape index (κ3) is 6.01.